The van der Waals surface area contributed by atoms with E-state index < -0.39 is 0 Å². The Morgan fingerprint density at radius 2 is 2.00 bits per heavy atom. The molecule has 0 aliphatic rings. The third kappa shape index (κ3) is 3.69. The van der Waals surface area contributed by atoms with Crippen molar-refractivity contribution in [3.05, 3.63) is 57.2 Å². The normalized spacial score (nSPS) is 10.5. The molecule has 1 aromatic heterocycles. The van der Waals surface area contributed by atoms with Gasteiger partial charge in [0, 0.05) is 30.8 Å². The summed E-state index contributed by atoms with van der Waals surface area (Å²) >= 11 is 9.44. The first-order valence-corrected chi connectivity index (χ1v) is 7.07. The predicted octanol–water partition coefficient (Wildman–Crippen LogP) is 3.59. The van der Waals surface area contributed by atoms with Crippen molar-refractivity contribution in [1.82, 2.24) is 4.98 Å². The van der Waals surface area contributed by atoms with Crippen LogP contribution in [0.2, 0.25) is 5.02 Å². The molecular weight excluding hydrogens is 326 g/mol. The molecule has 0 bridgehead atoms. The van der Waals surface area contributed by atoms with Crippen LogP contribution in [0.25, 0.3) is 0 Å². The fourth-order valence-corrected chi connectivity index (χ4v) is 2.22. The predicted molar refractivity (Wildman–Crippen MR) is 83.4 cm³/mol. The Morgan fingerprint density at radius 3 is 2.63 bits per heavy atom. The molecule has 0 saturated heterocycles. The van der Waals surface area contributed by atoms with Crippen LogP contribution in [0, 0.1) is 0 Å². The number of nitrogens with zero attached hydrogens (tertiary/aromatic N) is 2. The topological polar surface area (TPSA) is 42.1 Å². The highest BCUT2D eigenvalue weighted by Gasteiger charge is 2.07. The molecule has 0 unspecified atom stereocenters. The maximum atomic E-state index is 6.01. The zero-order valence-electron chi connectivity index (χ0n) is 10.6. The van der Waals surface area contributed by atoms with E-state index in [2.05, 4.69) is 37.9 Å². The average Bonchev–Trinajstić information content (AvgIpc) is 2.42. The number of benzene rings is 1. The third-order valence-corrected chi connectivity index (χ3v) is 3.73. The van der Waals surface area contributed by atoms with E-state index in [1.54, 1.807) is 6.20 Å². The monoisotopic (exact) mass is 339 g/mol. The molecule has 0 aliphatic heterocycles. The lowest BCUT2D eigenvalue weighted by Gasteiger charge is -2.19. The van der Waals surface area contributed by atoms with Gasteiger partial charge in [-0.15, -0.1) is 0 Å². The number of hydrogen-bond acceptors (Lipinski definition) is 3. The van der Waals surface area contributed by atoms with E-state index in [9.17, 15) is 0 Å². The molecule has 0 fully saturated rings. The van der Waals surface area contributed by atoms with E-state index >= 15 is 0 Å². The highest BCUT2D eigenvalue weighted by Crippen LogP contribution is 2.21. The van der Waals surface area contributed by atoms with Crippen LogP contribution in [0.5, 0.6) is 0 Å². The Balaban J connectivity index is 2.15. The van der Waals surface area contributed by atoms with Gasteiger partial charge in [0.1, 0.15) is 5.82 Å². The van der Waals surface area contributed by atoms with E-state index in [1.165, 1.54) is 5.56 Å². The smallest absolute Gasteiger partial charge is 0.128 e. The molecule has 0 amide bonds. The zero-order valence-corrected chi connectivity index (χ0v) is 12.9. The fourth-order valence-electron chi connectivity index (χ4n) is 1.78. The number of rotatable bonds is 4. The second-order valence-electron chi connectivity index (χ2n) is 4.32. The van der Waals surface area contributed by atoms with Crippen molar-refractivity contribution >= 4 is 33.3 Å². The van der Waals surface area contributed by atoms with Crippen molar-refractivity contribution in [3.63, 3.8) is 0 Å². The van der Waals surface area contributed by atoms with Gasteiger partial charge in [0.15, 0.2) is 0 Å². The van der Waals surface area contributed by atoms with E-state index in [0.717, 1.165) is 22.4 Å². The lowest BCUT2D eigenvalue weighted by molar-refractivity contribution is 0.892. The van der Waals surface area contributed by atoms with Crippen LogP contribution in [-0.4, -0.2) is 12.0 Å². The minimum absolute atomic E-state index is 0.417. The summed E-state index contributed by atoms with van der Waals surface area (Å²) < 4.78 is 1.08. The molecule has 0 radical (unpaired) electrons. The first-order valence-electron chi connectivity index (χ1n) is 5.90. The zero-order chi connectivity index (χ0) is 13.8. The van der Waals surface area contributed by atoms with Gasteiger partial charge in [-0.05, 0) is 29.3 Å². The summed E-state index contributed by atoms with van der Waals surface area (Å²) in [5, 5.41) is 0.614. The Morgan fingerprint density at radius 1 is 1.32 bits per heavy atom. The van der Waals surface area contributed by atoms with Gasteiger partial charge < -0.3 is 10.6 Å². The number of hydrogen-bond donors (Lipinski definition) is 1. The van der Waals surface area contributed by atoms with Gasteiger partial charge in [-0.25, -0.2) is 4.98 Å². The molecule has 0 spiro atoms. The van der Waals surface area contributed by atoms with E-state index in [0.29, 0.717) is 11.6 Å². The largest absolute Gasteiger partial charge is 0.355 e. The lowest BCUT2D eigenvalue weighted by Crippen LogP contribution is -2.18. The quantitative estimate of drug-likeness (QED) is 0.925. The fraction of sp³-hybridized carbons (Fsp3) is 0.214. The number of halogens is 2. The molecule has 2 N–H and O–H groups in total. The standard InChI is InChI=1S/C14H15BrClN3/c1-19(9-10-2-4-12(15)5-3-10)14-6-11(7-17)13(16)8-18-14/h2-6,8H,7,9,17H2,1H3. The van der Waals surface area contributed by atoms with Crippen molar-refractivity contribution in [3.8, 4) is 0 Å². The van der Waals surface area contributed by atoms with Gasteiger partial charge in [0.2, 0.25) is 0 Å². The van der Waals surface area contributed by atoms with Gasteiger partial charge >= 0.3 is 0 Å². The summed E-state index contributed by atoms with van der Waals surface area (Å²) in [5.74, 6) is 0.868. The number of pyridine rings is 1. The molecular formula is C14H15BrClN3. The minimum atomic E-state index is 0.417. The van der Waals surface area contributed by atoms with Crippen LogP contribution >= 0.6 is 27.5 Å². The molecule has 3 nitrogen and oxygen atoms in total. The minimum Gasteiger partial charge on any atom is -0.355 e. The first kappa shape index (κ1) is 14.3. The number of nitrogens with two attached hydrogens (primary N) is 1. The maximum Gasteiger partial charge on any atom is 0.128 e. The van der Waals surface area contributed by atoms with E-state index in [-0.39, 0.29) is 0 Å². The van der Waals surface area contributed by atoms with Crippen LogP contribution < -0.4 is 10.6 Å². The molecule has 1 aromatic carbocycles. The van der Waals surface area contributed by atoms with E-state index in [4.69, 9.17) is 17.3 Å². The Hall–Kier alpha value is -1.10. The van der Waals surface area contributed by atoms with Crippen LogP contribution in [0.3, 0.4) is 0 Å². The molecule has 2 aromatic rings. The molecule has 0 aliphatic carbocycles. The molecule has 0 atom stereocenters. The lowest BCUT2D eigenvalue weighted by atomic mass is 10.2. The summed E-state index contributed by atoms with van der Waals surface area (Å²) in [4.78, 5) is 6.40. The van der Waals surface area contributed by atoms with Gasteiger partial charge in [0.25, 0.3) is 0 Å². The van der Waals surface area contributed by atoms with Gasteiger partial charge in [-0.3, -0.25) is 0 Å². The van der Waals surface area contributed by atoms with Crippen LogP contribution in [0.1, 0.15) is 11.1 Å². The van der Waals surface area contributed by atoms with E-state index in [1.807, 2.05) is 25.2 Å². The van der Waals surface area contributed by atoms with Crippen molar-refractivity contribution in [2.45, 2.75) is 13.1 Å². The molecule has 2 rings (SSSR count). The van der Waals surface area contributed by atoms with Crippen molar-refractivity contribution < 1.29 is 0 Å². The molecule has 5 heteroatoms. The van der Waals surface area contributed by atoms with Crippen molar-refractivity contribution in [2.75, 3.05) is 11.9 Å². The highest BCUT2D eigenvalue weighted by molar-refractivity contribution is 9.10. The van der Waals surface area contributed by atoms with Crippen LogP contribution in [0.15, 0.2) is 41.0 Å². The van der Waals surface area contributed by atoms with Gasteiger partial charge in [-0.1, -0.05) is 39.7 Å². The maximum absolute atomic E-state index is 6.01. The van der Waals surface area contributed by atoms with Crippen molar-refractivity contribution in [2.24, 2.45) is 5.73 Å². The molecule has 100 valence electrons. The SMILES string of the molecule is CN(Cc1ccc(Br)cc1)c1cc(CN)c(Cl)cn1. The molecule has 1 heterocycles. The summed E-state index contributed by atoms with van der Waals surface area (Å²) in [7, 11) is 2.00. The third-order valence-electron chi connectivity index (χ3n) is 2.86. The van der Waals surface area contributed by atoms with Crippen LogP contribution in [0.4, 0.5) is 5.82 Å². The van der Waals surface area contributed by atoms with Gasteiger partial charge in [0.05, 0.1) is 5.02 Å². The number of aromatic nitrogens is 1. The van der Waals surface area contributed by atoms with Crippen molar-refractivity contribution in [1.29, 1.82) is 0 Å². The Kier molecular flexibility index (Phi) is 4.80. The summed E-state index contributed by atoms with van der Waals surface area (Å²) in [6, 6.07) is 10.2. The molecule has 19 heavy (non-hydrogen) atoms. The second-order valence-corrected chi connectivity index (χ2v) is 5.64. The van der Waals surface area contributed by atoms with Gasteiger partial charge in [-0.2, -0.15) is 0 Å². The summed E-state index contributed by atoms with van der Waals surface area (Å²) in [6.07, 6.45) is 1.65. The Labute approximate surface area is 126 Å². The van der Waals surface area contributed by atoms with Crippen LogP contribution in [-0.2, 0) is 13.1 Å². The summed E-state index contributed by atoms with van der Waals surface area (Å²) in [6.45, 7) is 1.20. The second kappa shape index (κ2) is 6.37. The number of anilines is 1. The Bertz CT molecular complexity index is 557. The summed E-state index contributed by atoms with van der Waals surface area (Å²) in [5.41, 5.74) is 7.78. The molecule has 0 saturated carbocycles. The average molecular weight is 341 g/mol. The highest BCUT2D eigenvalue weighted by atomic mass is 79.9. The first-order chi connectivity index (χ1) is 9.10.